The van der Waals surface area contributed by atoms with Gasteiger partial charge in [0.05, 0.1) is 28.4 Å². The monoisotopic (exact) mass is 346 g/mol. The van der Waals surface area contributed by atoms with Crippen molar-refractivity contribution in [2.45, 2.75) is 5.88 Å². The fourth-order valence-electron chi connectivity index (χ4n) is 2.99. The van der Waals surface area contributed by atoms with E-state index in [0.29, 0.717) is 28.9 Å². The van der Waals surface area contributed by atoms with E-state index in [9.17, 15) is 0 Å². The average molecular weight is 347 g/mol. The van der Waals surface area contributed by atoms with Crippen molar-refractivity contribution in [3.63, 3.8) is 0 Å². The van der Waals surface area contributed by atoms with Crippen molar-refractivity contribution in [2.75, 3.05) is 28.4 Å². The first-order chi connectivity index (χ1) is 11.7. The van der Waals surface area contributed by atoms with Gasteiger partial charge in [-0.15, -0.1) is 11.6 Å². The SMILES string of the molecule is COc1cc2cc(CCl)c3cc(OC)c(OC)cc3c2cc1OC. The number of alkyl halides is 1. The first-order valence-electron chi connectivity index (χ1n) is 7.46. The summed E-state index contributed by atoms with van der Waals surface area (Å²) in [5.74, 6) is 3.12. The van der Waals surface area contributed by atoms with Crippen LogP contribution in [0.4, 0.5) is 0 Å². The Balaban J connectivity index is 2.46. The number of methoxy groups -OCH3 is 4. The summed E-state index contributed by atoms with van der Waals surface area (Å²) in [6.07, 6.45) is 0. The molecular formula is C19H19ClO4. The minimum atomic E-state index is 0.399. The number of fused-ring (bicyclic) bond motifs is 3. The molecular weight excluding hydrogens is 328 g/mol. The highest BCUT2D eigenvalue weighted by Gasteiger charge is 2.14. The number of hydrogen-bond donors (Lipinski definition) is 0. The summed E-state index contributed by atoms with van der Waals surface area (Å²) >= 11 is 6.18. The molecule has 0 aliphatic rings. The third kappa shape index (κ3) is 2.57. The third-order valence-electron chi connectivity index (χ3n) is 4.19. The number of hydrogen-bond acceptors (Lipinski definition) is 4. The van der Waals surface area contributed by atoms with Gasteiger partial charge in [-0.05, 0) is 57.4 Å². The molecule has 0 bridgehead atoms. The average Bonchev–Trinajstić information content (AvgIpc) is 2.64. The van der Waals surface area contributed by atoms with Crippen LogP contribution in [-0.4, -0.2) is 28.4 Å². The lowest BCUT2D eigenvalue weighted by molar-refractivity contribution is 0.355. The van der Waals surface area contributed by atoms with Crippen LogP contribution < -0.4 is 18.9 Å². The van der Waals surface area contributed by atoms with E-state index in [4.69, 9.17) is 30.5 Å². The molecule has 0 amide bonds. The molecule has 0 aliphatic carbocycles. The first kappa shape index (κ1) is 16.5. The van der Waals surface area contributed by atoms with Crippen LogP contribution in [0, 0.1) is 0 Å². The molecule has 24 heavy (non-hydrogen) atoms. The van der Waals surface area contributed by atoms with Gasteiger partial charge in [-0.25, -0.2) is 0 Å². The maximum absolute atomic E-state index is 6.18. The van der Waals surface area contributed by atoms with Crippen molar-refractivity contribution in [1.82, 2.24) is 0 Å². The third-order valence-corrected chi connectivity index (χ3v) is 4.48. The topological polar surface area (TPSA) is 36.9 Å². The zero-order valence-corrected chi connectivity index (χ0v) is 14.9. The summed E-state index contributed by atoms with van der Waals surface area (Å²) in [6.45, 7) is 0. The summed E-state index contributed by atoms with van der Waals surface area (Å²) in [4.78, 5) is 0. The van der Waals surface area contributed by atoms with Crippen molar-refractivity contribution in [3.8, 4) is 23.0 Å². The molecule has 0 atom stereocenters. The molecule has 0 fully saturated rings. The molecule has 0 aliphatic heterocycles. The molecule has 4 nitrogen and oxygen atoms in total. The molecule has 126 valence electrons. The highest BCUT2D eigenvalue weighted by molar-refractivity contribution is 6.20. The summed E-state index contributed by atoms with van der Waals surface area (Å²) in [6, 6.07) is 9.93. The quantitative estimate of drug-likeness (QED) is 0.492. The molecule has 3 aromatic rings. The lowest BCUT2D eigenvalue weighted by atomic mass is 9.96. The molecule has 3 rings (SSSR count). The summed E-state index contributed by atoms with van der Waals surface area (Å²) in [5.41, 5.74) is 1.02. The zero-order chi connectivity index (χ0) is 17.3. The van der Waals surface area contributed by atoms with Crippen LogP contribution in [0.1, 0.15) is 5.56 Å². The van der Waals surface area contributed by atoms with Gasteiger partial charge in [0, 0.05) is 5.88 Å². The molecule has 0 N–H and O–H groups in total. The Morgan fingerprint density at radius 2 is 1.08 bits per heavy atom. The maximum Gasteiger partial charge on any atom is 0.161 e. The highest BCUT2D eigenvalue weighted by Crippen LogP contribution is 2.41. The second kappa shape index (κ2) is 6.65. The molecule has 0 radical (unpaired) electrons. The van der Waals surface area contributed by atoms with Gasteiger partial charge >= 0.3 is 0 Å². The zero-order valence-electron chi connectivity index (χ0n) is 14.1. The van der Waals surface area contributed by atoms with Crippen LogP contribution in [0.15, 0.2) is 30.3 Å². The Labute approximate surface area is 145 Å². The van der Waals surface area contributed by atoms with Gasteiger partial charge in [0.1, 0.15) is 0 Å². The van der Waals surface area contributed by atoms with Crippen LogP contribution in [-0.2, 0) is 5.88 Å². The minimum absolute atomic E-state index is 0.399. The molecule has 3 aromatic carbocycles. The fraction of sp³-hybridized carbons (Fsp3) is 0.263. The predicted octanol–water partition coefficient (Wildman–Crippen LogP) is 4.77. The molecule has 0 saturated heterocycles. The maximum atomic E-state index is 6.18. The Morgan fingerprint density at radius 1 is 0.625 bits per heavy atom. The van der Waals surface area contributed by atoms with E-state index in [2.05, 4.69) is 6.07 Å². The normalized spacial score (nSPS) is 10.9. The first-order valence-corrected chi connectivity index (χ1v) is 7.99. The van der Waals surface area contributed by atoms with Crippen molar-refractivity contribution in [2.24, 2.45) is 0 Å². The Bertz CT molecular complexity index is 905. The Kier molecular flexibility index (Phi) is 4.58. The molecule has 0 saturated carbocycles. The summed E-state index contributed by atoms with van der Waals surface area (Å²) in [5, 5.41) is 4.13. The molecule has 0 aromatic heterocycles. The molecule has 5 heteroatoms. The van der Waals surface area contributed by atoms with Gasteiger partial charge in [0.15, 0.2) is 23.0 Å². The van der Waals surface area contributed by atoms with Crippen LogP contribution in [0.3, 0.4) is 0 Å². The molecule has 0 unspecified atom stereocenters. The standard InChI is InChI=1S/C19H19ClO4/c1-21-16-6-11-5-12(10-20)14-8-18(23-3)19(24-4)9-15(14)13(11)7-17(16)22-2/h5-9H,10H2,1-4H3. The Hall–Kier alpha value is -2.33. The van der Waals surface area contributed by atoms with E-state index >= 15 is 0 Å². The molecule has 0 spiro atoms. The van der Waals surface area contributed by atoms with Gasteiger partial charge in [-0.2, -0.15) is 0 Å². The van der Waals surface area contributed by atoms with Crippen molar-refractivity contribution < 1.29 is 18.9 Å². The van der Waals surface area contributed by atoms with Crippen LogP contribution in [0.5, 0.6) is 23.0 Å². The second-order valence-electron chi connectivity index (χ2n) is 5.35. The van der Waals surface area contributed by atoms with E-state index in [0.717, 1.165) is 27.1 Å². The number of halogens is 1. The van der Waals surface area contributed by atoms with E-state index in [1.54, 1.807) is 28.4 Å². The predicted molar refractivity (Wildman–Crippen MR) is 97.2 cm³/mol. The fourth-order valence-corrected chi connectivity index (χ4v) is 3.21. The largest absolute Gasteiger partial charge is 0.493 e. The van der Waals surface area contributed by atoms with Crippen molar-refractivity contribution >= 4 is 33.1 Å². The summed E-state index contributed by atoms with van der Waals surface area (Å²) < 4.78 is 21.7. The second-order valence-corrected chi connectivity index (χ2v) is 5.62. The lowest BCUT2D eigenvalue weighted by Crippen LogP contribution is -1.95. The highest BCUT2D eigenvalue weighted by atomic mass is 35.5. The van der Waals surface area contributed by atoms with Gasteiger partial charge in [-0.1, -0.05) is 0 Å². The van der Waals surface area contributed by atoms with Gasteiger partial charge in [-0.3, -0.25) is 0 Å². The van der Waals surface area contributed by atoms with Crippen LogP contribution >= 0.6 is 11.6 Å². The lowest BCUT2D eigenvalue weighted by Gasteiger charge is -2.15. The minimum Gasteiger partial charge on any atom is -0.493 e. The smallest absolute Gasteiger partial charge is 0.161 e. The van der Waals surface area contributed by atoms with Crippen molar-refractivity contribution in [1.29, 1.82) is 0 Å². The van der Waals surface area contributed by atoms with Gasteiger partial charge in [0.25, 0.3) is 0 Å². The number of rotatable bonds is 5. The number of benzene rings is 3. The number of ether oxygens (including phenoxy) is 4. The Morgan fingerprint density at radius 3 is 1.58 bits per heavy atom. The van der Waals surface area contributed by atoms with E-state index in [-0.39, 0.29) is 0 Å². The van der Waals surface area contributed by atoms with E-state index in [1.165, 1.54) is 0 Å². The summed E-state index contributed by atoms with van der Waals surface area (Å²) in [7, 11) is 6.50. The van der Waals surface area contributed by atoms with Crippen molar-refractivity contribution in [3.05, 3.63) is 35.9 Å². The van der Waals surface area contributed by atoms with Crippen LogP contribution in [0.2, 0.25) is 0 Å². The van der Waals surface area contributed by atoms with E-state index < -0.39 is 0 Å². The van der Waals surface area contributed by atoms with Crippen LogP contribution in [0.25, 0.3) is 21.5 Å². The van der Waals surface area contributed by atoms with Gasteiger partial charge < -0.3 is 18.9 Å². The van der Waals surface area contributed by atoms with Gasteiger partial charge in [0.2, 0.25) is 0 Å². The molecule has 0 heterocycles. The van der Waals surface area contributed by atoms with E-state index in [1.807, 2.05) is 24.3 Å².